The Morgan fingerprint density at radius 2 is 0.727 bits per heavy atom. The fraction of sp³-hybridized carbons (Fsp3) is 0.143. The molecule has 0 aliphatic heterocycles. The summed E-state index contributed by atoms with van der Waals surface area (Å²) in [6, 6.07) is 56.3. The summed E-state index contributed by atoms with van der Waals surface area (Å²) in [4.78, 5) is 0. The molecule has 55 heavy (non-hydrogen) atoms. The number of benzene rings is 7. The molecular formula is C49H47O5P. The number of rotatable bonds is 14. The van der Waals surface area contributed by atoms with Crippen LogP contribution in [0.4, 0.5) is 0 Å². The van der Waals surface area contributed by atoms with Gasteiger partial charge in [-0.15, -0.1) is 0 Å². The monoisotopic (exact) mass is 746 g/mol. The van der Waals surface area contributed by atoms with Gasteiger partial charge in [0, 0.05) is 0 Å². The molecule has 7 aromatic rings. The molecule has 0 spiro atoms. The number of hydrogen-bond acceptors (Lipinski definition) is 5. The third-order valence-electron chi connectivity index (χ3n) is 10.3. The third kappa shape index (κ3) is 9.03. The fourth-order valence-electron chi connectivity index (χ4n) is 8.03. The number of phenolic OH excluding ortho intramolecular Hbond substituents is 4. The van der Waals surface area contributed by atoms with Gasteiger partial charge in [0.1, 0.15) is 0 Å². The second-order valence-electron chi connectivity index (χ2n) is 14.9. The topological polar surface area (TPSA) is 90.2 Å². The zero-order valence-corrected chi connectivity index (χ0v) is 31.9. The van der Waals surface area contributed by atoms with Gasteiger partial charge in [-0.2, -0.15) is 0 Å². The molecule has 0 aromatic heterocycles. The van der Waals surface area contributed by atoms with Crippen LogP contribution in [-0.2, 0) is 37.5 Å². The van der Waals surface area contributed by atoms with Crippen molar-refractivity contribution in [2.75, 3.05) is 0 Å². The first-order valence-corrected chi connectivity index (χ1v) is 21.5. The van der Waals surface area contributed by atoms with E-state index in [-0.39, 0.29) is 23.0 Å². The summed E-state index contributed by atoms with van der Waals surface area (Å²) in [5, 5.41) is 42.6. The van der Waals surface area contributed by atoms with Crippen molar-refractivity contribution in [2.45, 2.75) is 44.4 Å². The van der Waals surface area contributed by atoms with Gasteiger partial charge in [0.2, 0.25) is 0 Å². The Morgan fingerprint density at radius 3 is 1.04 bits per heavy atom. The maximum atomic E-state index is 11.1. The first kappa shape index (κ1) is 37.3. The molecule has 0 atom stereocenters. The first-order valence-electron chi connectivity index (χ1n) is 18.6. The SMILES string of the molecule is Cc1cc(Cc2ccc(O)cc2O)c(OP(Cc2ccccc2)(Cc2ccccc2)(Cc2ccccc2)Cc2ccccc2)c(Cc2ccc(O)cc2O)c1. The van der Waals surface area contributed by atoms with Gasteiger partial charge in [0.05, 0.1) is 0 Å². The van der Waals surface area contributed by atoms with Crippen LogP contribution >= 0.6 is 6.83 Å². The van der Waals surface area contributed by atoms with Gasteiger partial charge in [0.25, 0.3) is 0 Å². The predicted octanol–water partition coefficient (Wildman–Crippen LogP) is 11.6. The van der Waals surface area contributed by atoms with Gasteiger partial charge in [-0.05, 0) is 0 Å². The van der Waals surface area contributed by atoms with E-state index in [1.54, 1.807) is 24.3 Å². The molecular weight excluding hydrogens is 700 g/mol. The molecule has 4 N–H and O–H groups in total. The summed E-state index contributed by atoms with van der Waals surface area (Å²) in [6.45, 7) is -1.61. The molecule has 5 nitrogen and oxygen atoms in total. The molecule has 0 bridgehead atoms. The van der Waals surface area contributed by atoms with Crippen LogP contribution in [0.3, 0.4) is 0 Å². The Morgan fingerprint density at radius 1 is 0.400 bits per heavy atom. The Labute approximate surface area is 323 Å². The van der Waals surface area contributed by atoms with Gasteiger partial charge in [-0.3, -0.25) is 0 Å². The molecule has 0 aliphatic rings. The van der Waals surface area contributed by atoms with Gasteiger partial charge >= 0.3 is 325 Å². The van der Waals surface area contributed by atoms with Crippen molar-refractivity contribution >= 4 is 6.83 Å². The second-order valence-corrected chi connectivity index (χ2v) is 20.1. The van der Waals surface area contributed by atoms with E-state index in [1.165, 1.54) is 34.4 Å². The fourth-order valence-corrected chi connectivity index (χ4v) is 14.2. The van der Waals surface area contributed by atoms with Gasteiger partial charge in [-0.1, -0.05) is 0 Å². The van der Waals surface area contributed by atoms with Crippen molar-refractivity contribution in [1.82, 2.24) is 0 Å². The molecule has 0 fully saturated rings. The van der Waals surface area contributed by atoms with E-state index >= 15 is 0 Å². The normalized spacial score (nSPS) is 12.1. The second kappa shape index (κ2) is 16.1. The van der Waals surface area contributed by atoms with Crippen LogP contribution in [0.1, 0.15) is 50.1 Å². The van der Waals surface area contributed by atoms with E-state index in [2.05, 4.69) is 133 Å². The van der Waals surface area contributed by atoms with E-state index in [4.69, 9.17) is 4.52 Å². The molecule has 0 saturated carbocycles. The molecule has 278 valence electrons. The van der Waals surface area contributed by atoms with Crippen LogP contribution in [-0.4, -0.2) is 20.4 Å². The van der Waals surface area contributed by atoms with Crippen LogP contribution in [0.5, 0.6) is 28.7 Å². The van der Waals surface area contributed by atoms with Gasteiger partial charge < -0.3 is 0 Å². The summed E-state index contributed by atoms with van der Waals surface area (Å²) in [6.07, 6.45) is 3.44. The van der Waals surface area contributed by atoms with E-state index in [0.29, 0.717) is 48.6 Å². The van der Waals surface area contributed by atoms with Gasteiger partial charge in [-0.25, -0.2) is 0 Å². The van der Waals surface area contributed by atoms with Crippen molar-refractivity contribution in [1.29, 1.82) is 0 Å². The van der Waals surface area contributed by atoms with Crippen LogP contribution in [0.2, 0.25) is 0 Å². The molecule has 0 saturated heterocycles. The summed E-state index contributed by atoms with van der Waals surface area (Å²) < 4.78 is 8.26. The first-order chi connectivity index (χ1) is 26.6. The molecule has 7 aromatic carbocycles. The molecule has 6 heteroatoms. The van der Waals surface area contributed by atoms with E-state index in [9.17, 15) is 20.4 Å². The van der Waals surface area contributed by atoms with Crippen LogP contribution in [0.25, 0.3) is 0 Å². The van der Waals surface area contributed by atoms with Crippen molar-refractivity contribution < 1.29 is 24.9 Å². The molecule has 0 unspecified atom stereocenters. The average molecular weight is 747 g/mol. The summed E-state index contributed by atoms with van der Waals surface area (Å²) >= 11 is 0. The van der Waals surface area contributed by atoms with Crippen molar-refractivity contribution in [3.63, 3.8) is 0 Å². The molecule has 0 amide bonds. The van der Waals surface area contributed by atoms with E-state index < -0.39 is 6.83 Å². The molecule has 7 rings (SSSR count). The Kier molecular flexibility index (Phi) is 10.9. The molecule has 0 aliphatic carbocycles. The molecule has 0 radical (unpaired) electrons. The van der Waals surface area contributed by atoms with E-state index in [0.717, 1.165) is 22.4 Å². The van der Waals surface area contributed by atoms with Crippen LogP contribution < -0.4 is 4.52 Å². The summed E-state index contributed by atoms with van der Waals surface area (Å²) in [5.41, 5.74) is 8.85. The Balaban J connectivity index is 1.54. The van der Waals surface area contributed by atoms with Crippen LogP contribution in [0, 0.1) is 6.92 Å². The Hall–Kier alpha value is -6.03. The summed E-state index contributed by atoms with van der Waals surface area (Å²) in [5.74, 6) is 0.718. The maximum absolute atomic E-state index is 11.1. The minimum atomic E-state index is -3.65. The van der Waals surface area contributed by atoms with Crippen molar-refractivity contribution in [2.24, 2.45) is 0 Å². The van der Waals surface area contributed by atoms with Crippen molar-refractivity contribution in [3.8, 4) is 28.7 Å². The average Bonchev–Trinajstić information content (AvgIpc) is 3.17. The van der Waals surface area contributed by atoms with Gasteiger partial charge in [0.15, 0.2) is 0 Å². The minimum absolute atomic E-state index is 0.00446. The zero-order chi connectivity index (χ0) is 38.3. The van der Waals surface area contributed by atoms with Crippen molar-refractivity contribution in [3.05, 3.63) is 220 Å². The standard InChI is InChI=1S/C49H47O5P/c1-36-26-43(28-41-22-24-45(50)30-47(41)52)49(44(27-36)29-42-23-25-46(51)31-48(42)53)54-55(32-37-14-6-2-7-15-37,33-38-16-8-3-9-17-38,34-39-18-10-4-11-19-39)35-40-20-12-5-13-21-40/h2-27,30-31,50-53H,28-29,32-35H2,1H3. The molecule has 0 heterocycles. The number of aromatic hydroxyl groups is 4. The summed E-state index contributed by atoms with van der Waals surface area (Å²) in [7, 11) is 0. The van der Waals surface area contributed by atoms with Crippen LogP contribution in [0.15, 0.2) is 170 Å². The number of phenols is 4. The Bertz CT molecular complexity index is 2110. The number of hydrogen-bond donors (Lipinski definition) is 4. The predicted molar refractivity (Wildman–Crippen MR) is 224 cm³/mol. The van der Waals surface area contributed by atoms with E-state index in [1.807, 2.05) is 6.92 Å². The number of aryl methyl sites for hydroxylation is 1. The zero-order valence-electron chi connectivity index (χ0n) is 31.1. The third-order valence-corrected chi connectivity index (χ3v) is 15.7. The quantitative estimate of drug-likeness (QED) is 0.0832.